The zero-order chi connectivity index (χ0) is 26.2. The molecule has 1 saturated carbocycles. The number of fused-ring (bicyclic) bond motifs is 1. The predicted molar refractivity (Wildman–Crippen MR) is 138 cm³/mol. The zero-order valence-corrected chi connectivity index (χ0v) is 22.4. The second-order valence-corrected chi connectivity index (χ2v) is 10.5. The van der Waals surface area contributed by atoms with Gasteiger partial charge in [0.05, 0.1) is 39.2 Å². The molecular weight excluding hydrogens is 504 g/mol. The van der Waals surface area contributed by atoms with Gasteiger partial charge in [-0.05, 0) is 36.5 Å². The molecule has 2 aromatic heterocycles. The van der Waals surface area contributed by atoms with Gasteiger partial charge in [-0.3, -0.25) is 0 Å². The Bertz CT molecular complexity index is 1210. The van der Waals surface area contributed by atoms with Crippen LogP contribution in [-0.4, -0.2) is 69.8 Å². The van der Waals surface area contributed by atoms with E-state index in [-0.39, 0.29) is 24.8 Å². The molecule has 202 valence electrons. The van der Waals surface area contributed by atoms with Crippen molar-refractivity contribution in [2.75, 3.05) is 53.1 Å². The molecule has 1 saturated heterocycles. The summed E-state index contributed by atoms with van der Waals surface area (Å²) in [6, 6.07) is 4.02. The lowest BCUT2D eigenvalue weighted by molar-refractivity contribution is -0.108. The number of alkyl halides is 2. The van der Waals surface area contributed by atoms with E-state index in [1.54, 1.807) is 28.4 Å². The lowest BCUT2D eigenvalue weighted by atomic mass is 9.80. The minimum Gasteiger partial charge on any atom is -0.496 e. The van der Waals surface area contributed by atoms with Crippen molar-refractivity contribution in [1.82, 2.24) is 9.61 Å². The number of halogens is 2. The van der Waals surface area contributed by atoms with E-state index in [2.05, 4.69) is 4.90 Å². The third-order valence-corrected chi connectivity index (χ3v) is 8.10. The number of hydrogen-bond donors (Lipinski definition) is 0. The Morgan fingerprint density at radius 3 is 2.32 bits per heavy atom. The Morgan fingerprint density at radius 1 is 1.08 bits per heavy atom. The molecule has 0 N–H and O–H groups in total. The summed E-state index contributed by atoms with van der Waals surface area (Å²) in [6.45, 7) is 2.24. The van der Waals surface area contributed by atoms with Crippen LogP contribution in [0.2, 0.25) is 0 Å². The first-order valence-electron chi connectivity index (χ1n) is 12.4. The summed E-state index contributed by atoms with van der Waals surface area (Å²) in [7, 11) is 6.47. The molecule has 3 aromatic rings. The fraction of sp³-hybridized carbons (Fsp3) is 0.577. The highest BCUT2D eigenvalue weighted by molar-refractivity contribution is 7.16. The molecule has 2 fully saturated rings. The number of nitrogens with zero attached hydrogens (tertiary/aromatic N) is 3. The Balaban J connectivity index is 1.60. The molecule has 3 heterocycles. The summed E-state index contributed by atoms with van der Waals surface area (Å²) < 4.78 is 57.4. The average molecular weight is 538 g/mol. The van der Waals surface area contributed by atoms with Gasteiger partial charge in [0.1, 0.15) is 22.0 Å². The van der Waals surface area contributed by atoms with Crippen molar-refractivity contribution < 1.29 is 32.5 Å². The van der Waals surface area contributed by atoms with Gasteiger partial charge in [0.25, 0.3) is 5.88 Å². The maximum atomic E-state index is 13.7. The molecular formula is C26H33F2N3O5S. The summed E-state index contributed by atoms with van der Waals surface area (Å²) in [5.74, 6) is -0.895. The minimum absolute atomic E-state index is 0.0783. The first kappa shape index (κ1) is 26.0. The van der Waals surface area contributed by atoms with Gasteiger partial charge in [-0.2, -0.15) is 0 Å². The summed E-state index contributed by atoms with van der Waals surface area (Å²) in [5.41, 5.74) is 3.33. The lowest BCUT2D eigenvalue weighted by Gasteiger charge is -2.42. The standard InChI is InChI=1S/C26H33F2N3O5S/c1-32-14-16-9-20(33-2)22(21(10-16)34-3)19-15-37-25-23(24(35-4)29-31(19)25)30(18-5-7-36-8-6-18)13-17-11-26(27,28)12-17/h9-10,15,17-18H,5-8,11-14H2,1-4H3. The molecule has 0 atom stereocenters. The fourth-order valence-electron chi connectivity index (χ4n) is 5.43. The van der Waals surface area contributed by atoms with Crippen LogP contribution in [0.3, 0.4) is 0 Å². The highest BCUT2D eigenvalue weighted by Gasteiger charge is 2.46. The van der Waals surface area contributed by atoms with Crippen LogP contribution in [0.15, 0.2) is 17.5 Å². The smallest absolute Gasteiger partial charge is 0.258 e. The first-order valence-corrected chi connectivity index (χ1v) is 13.3. The lowest BCUT2D eigenvalue weighted by Crippen LogP contribution is -2.47. The van der Waals surface area contributed by atoms with Gasteiger partial charge in [-0.25, -0.2) is 13.3 Å². The maximum Gasteiger partial charge on any atom is 0.258 e. The quantitative estimate of drug-likeness (QED) is 0.349. The number of anilines is 1. The topological polar surface area (TPSA) is 66.7 Å². The highest BCUT2D eigenvalue weighted by Crippen LogP contribution is 2.48. The van der Waals surface area contributed by atoms with Gasteiger partial charge in [0, 0.05) is 51.1 Å². The van der Waals surface area contributed by atoms with Crippen LogP contribution in [0, 0.1) is 5.92 Å². The molecule has 0 unspecified atom stereocenters. The Labute approximate surface area is 219 Å². The van der Waals surface area contributed by atoms with Gasteiger partial charge in [0.15, 0.2) is 0 Å². The van der Waals surface area contributed by atoms with Crippen molar-refractivity contribution in [3.05, 3.63) is 23.1 Å². The molecule has 5 rings (SSSR count). The van der Waals surface area contributed by atoms with Gasteiger partial charge < -0.3 is 28.6 Å². The van der Waals surface area contributed by atoms with Crippen LogP contribution in [-0.2, 0) is 16.1 Å². The molecule has 0 amide bonds. The number of hydrogen-bond acceptors (Lipinski definition) is 8. The summed E-state index contributed by atoms with van der Waals surface area (Å²) in [5, 5.41) is 6.84. The van der Waals surface area contributed by atoms with E-state index in [0.29, 0.717) is 43.7 Å². The van der Waals surface area contributed by atoms with E-state index in [1.165, 1.54) is 11.3 Å². The minimum atomic E-state index is -2.57. The van der Waals surface area contributed by atoms with Crippen molar-refractivity contribution in [3.8, 4) is 28.6 Å². The van der Waals surface area contributed by atoms with Crippen LogP contribution in [0.5, 0.6) is 17.4 Å². The van der Waals surface area contributed by atoms with E-state index < -0.39 is 5.92 Å². The van der Waals surface area contributed by atoms with Gasteiger partial charge in [-0.15, -0.1) is 16.4 Å². The van der Waals surface area contributed by atoms with Gasteiger partial charge >= 0.3 is 0 Å². The SMILES string of the molecule is COCc1cc(OC)c(-c2csc3c(N(CC4CC(F)(F)C4)C4CCOCC4)c(OC)nn23)c(OC)c1. The first-order chi connectivity index (χ1) is 17.9. The molecule has 2 aliphatic rings. The van der Waals surface area contributed by atoms with E-state index in [1.807, 2.05) is 22.0 Å². The average Bonchev–Trinajstić information content (AvgIpc) is 3.45. The van der Waals surface area contributed by atoms with Crippen LogP contribution in [0.1, 0.15) is 31.2 Å². The van der Waals surface area contributed by atoms with Crippen LogP contribution in [0.4, 0.5) is 14.5 Å². The summed E-state index contributed by atoms with van der Waals surface area (Å²) in [4.78, 5) is 3.12. The Hall–Kier alpha value is -2.63. The summed E-state index contributed by atoms with van der Waals surface area (Å²) >= 11 is 1.53. The largest absolute Gasteiger partial charge is 0.496 e. The third-order valence-electron chi connectivity index (χ3n) is 7.17. The number of methoxy groups -OCH3 is 4. The second-order valence-electron chi connectivity index (χ2n) is 9.63. The van der Waals surface area contributed by atoms with Crippen molar-refractivity contribution >= 4 is 21.9 Å². The molecule has 8 nitrogen and oxygen atoms in total. The van der Waals surface area contributed by atoms with Crippen LogP contribution < -0.4 is 19.1 Å². The molecule has 1 aliphatic carbocycles. The van der Waals surface area contributed by atoms with Crippen LogP contribution >= 0.6 is 11.3 Å². The maximum absolute atomic E-state index is 13.7. The summed E-state index contributed by atoms with van der Waals surface area (Å²) in [6.07, 6.45) is 1.48. The Morgan fingerprint density at radius 2 is 1.76 bits per heavy atom. The van der Waals surface area contributed by atoms with E-state index in [0.717, 1.165) is 40.2 Å². The molecule has 37 heavy (non-hydrogen) atoms. The highest BCUT2D eigenvalue weighted by atomic mass is 32.1. The normalized spacial score (nSPS) is 18.1. The van der Waals surface area contributed by atoms with Crippen molar-refractivity contribution in [1.29, 1.82) is 0 Å². The number of aromatic nitrogens is 2. The Kier molecular flexibility index (Phi) is 7.46. The molecule has 0 spiro atoms. The molecule has 1 aromatic carbocycles. The predicted octanol–water partition coefficient (Wildman–Crippen LogP) is 5.27. The van der Waals surface area contributed by atoms with E-state index >= 15 is 0 Å². The molecule has 0 bridgehead atoms. The van der Waals surface area contributed by atoms with Crippen molar-refractivity contribution in [2.24, 2.45) is 5.92 Å². The van der Waals surface area contributed by atoms with E-state index in [4.69, 9.17) is 28.8 Å². The van der Waals surface area contributed by atoms with Gasteiger partial charge in [-0.1, -0.05) is 0 Å². The number of ether oxygens (including phenoxy) is 5. The fourth-order valence-corrected chi connectivity index (χ4v) is 6.43. The van der Waals surface area contributed by atoms with Crippen molar-refractivity contribution in [3.63, 3.8) is 0 Å². The molecule has 0 radical (unpaired) electrons. The zero-order valence-electron chi connectivity index (χ0n) is 21.6. The monoisotopic (exact) mass is 537 g/mol. The molecule has 11 heteroatoms. The van der Waals surface area contributed by atoms with Crippen molar-refractivity contribution in [2.45, 2.75) is 44.3 Å². The van der Waals surface area contributed by atoms with Crippen LogP contribution in [0.25, 0.3) is 16.1 Å². The molecule has 1 aliphatic heterocycles. The van der Waals surface area contributed by atoms with Gasteiger partial charge in [0.2, 0.25) is 5.92 Å². The number of rotatable bonds is 10. The third kappa shape index (κ3) is 4.96. The number of benzene rings is 1. The van der Waals surface area contributed by atoms with E-state index in [9.17, 15) is 8.78 Å². The number of thiazole rings is 1. The second kappa shape index (κ2) is 10.6.